The monoisotopic (exact) mass is 315 g/mol. The van der Waals surface area contributed by atoms with Crippen LogP contribution in [0.5, 0.6) is 0 Å². The van der Waals surface area contributed by atoms with E-state index in [1.54, 1.807) is 6.92 Å². The first-order chi connectivity index (χ1) is 9.70. The molecule has 1 saturated heterocycles. The van der Waals surface area contributed by atoms with Gasteiger partial charge in [0.2, 0.25) is 5.91 Å². The number of nitrogens with one attached hydrogen (secondary N) is 2. The van der Waals surface area contributed by atoms with Crippen molar-refractivity contribution in [1.29, 1.82) is 0 Å². The Hall–Kier alpha value is -1.25. The lowest BCUT2D eigenvalue weighted by molar-refractivity contribution is -0.125. The normalized spacial score (nSPS) is 18.9. The molecule has 1 aliphatic heterocycles. The molecule has 21 heavy (non-hydrogen) atoms. The molecule has 0 bridgehead atoms. The maximum Gasteiger partial charge on any atom is 0.321 e. The molecule has 4 N–H and O–H groups in total. The average molecular weight is 315 g/mol. The number of carbonyl (C=O) groups excluding carboxylic acids is 2. The van der Waals surface area contributed by atoms with Crippen LogP contribution in [0.25, 0.3) is 0 Å². The van der Waals surface area contributed by atoms with Crippen LogP contribution in [0.4, 0.5) is 4.79 Å². The van der Waals surface area contributed by atoms with Crippen molar-refractivity contribution >= 4 is 29.1 Å². The molecule has 0 saturated carbocycles. The molecule has 1 fully saturated rings. The minimum atomic E-state index is -0.486. The highest BCUT2D eigenvalue weighted by molar-refractivity contribution is 7.80. The Labute approximate surface area is 131 Å². The van der Waals surface area contributed by atoms with Crippen LogP contribution in [0.3, 0.4) is 0 Å². The Bertz CT molecular complexity index is 419. The van der Waals surface area contributed by atoms with Crippen LogP contribution in [-0.2, 0) is 4.79 Å². The van der Waals surface area contributed by atoms with Crippen molar-refractivity contribution in [1.82, 2.24) is 20.4 Å². The first-order valence-corrected chi connectivity index (χ1v) is 7.42. The molecule has 7 nitrogen and oxygen atoms in total. The zero-order valence-corrected chi connectivity index (χ0v) is 13.9. The van der Waals surface area contributed by atoms with Gasteiger partial charge in [0.25, 0.3) is 0 Å². The quantitative estimate of drug-likeness (QED) is 0.607. The standard InChI is InChI=1S/C13H25N5O2S/c1-9(10(19)16-12(20)15-4)17-5-7-18(8-6-17)13(2,3)11(14)21/h9H,5-8H2,1-4H3,(H2,14,21)(H2,15,16,19,20). The Morgan fingerprint density at radius 3 is 2.19 bits per heavy atom. The van der Waals surface area contributed by atoms with E-state index < -0.39 is 6.03 Å². The SMILES string of the molecule is CNC(=O)NC(=O)C(C)N1CCN(C(C)(C)C(N)=S)CC1. The van der Waals surface area contributed by atoms with Crippen LogP contribution in [0.2, 0.25) is 0 Å². The Kier molecular flexibility index (Phi) is 6.06. The van der Waals surface area contributed by atoms with Gasteiger partial charge in [0.05, 0.1) is 16.6 Å². The average Bonchev–Trinajstić information content (AvgIpc) is 2.46. The number of nitrogens with two attached hydrogens (primary N) is 1. The smallest absolute Gasteiger partial charge is 0.321 e. The second-order valence-electron chi connectivity index (χ2n) is 5.69. The number of piperazine rings is 1. The molecule has 1 heterocycles. The third-order valence-corrected chi connectivity index (χ3v) is 4.60. The van der Waals surface area contributed by atoms with Crippen molar-refractivity contribution in [2.24, 2.45) is 5.73 Å². The van der Waals surface area contributed by atoms with E-state index in [9.17, 15) is 9.59 Å². The van der Waals surface area contributed by atoms with Gasteiger partial charge in [-0.15, -0.1) is 0 Å². The van der Waals surface area contributed by atoms with E-state index in [0.717, 1.165) is 26.2 Å². The lowest BCUT2D eigenvalue weighted by Gasteiger charge is -2.44. The van der Waals surface area contributed by atoms with Crippen LogP contribution in [0.1, 0.15) is 20.8 Å². The van der Waals surface area contributed by atoms with Crippen LogP contribution in [-0.4, -0.2) is 71.5 Å². The highest BCUT2D eigenvalue weighted by Crippen LogP contribution is 2.18. The minimum absolute atomic E-state index is 0.295. The van der Waals surface area contributed by atoms with Gasteiger partial charge >= 0.3 is 6.03 Å². The van der Waals surface area contributed by atoms with Gasteiger partial charge in [-0.2, -0.15) is 0 Å². The molecule has 120 valence electrons. The molecule has 0 spiro atoms. The first-order valence-electron chi connectivity index (χ1n) is 7.01. The number of thiocarbonyl (C=S) groups is 1. The molecule has 0 aromatic rings. The molecular weight excluding hydrogens is 290 g/mol. The van der Waals surface area contributed by atoms with Gasteiger partial charge < -0.3 is 11.1 Å². The van der Waals surface area contributed by atoms with Gasteiger partial charge in [0.1, 0.15) is 0 Å². The van der Waals surface area contributed by atoms with E-state index in [4.69, 9.17) is 18.0 Å². The Morgan fingerprint density at radius 2 is 1.76 bits per heavy atom. The first kappa shape index (κ1) is 17.8. The lowest BCUT2D eigenvalue weighted by Crippen LogP contribution is -2.61. The van der Waals surface area contributed by atoms with E-state index in [0.29, 0.717) is 4.99 Å². The molecule has 0 aliphatic carbocycles. The molecular formula is C13H25N5O2S. The number of hydrogen-bond acceptors (Lipinski definition) is 5. The summed E-state index contributed by atoms with van der Waals surface area (Å²) in [4.78, 5) is 27.8. The molecule has 0 aromatic heterocycles. The summed E-state index contributed by atoms with van der Waals surface area (Å²) in [6, 6.07) is -0.836. The van der Waals surface area contributed by atoms with E-state index in [1.807, 2.05) is 18.7 Å². The zero-order chi connectivity index (χ0) is 16.2. The fourth-order valence-electron chi connectivity index (χ4n) is 2.27. The van der Waals surface area contributed by atoms with Crippen molar-refractivity contribution in [3.8, 4) is 0 Å². The second-order valence-corrected chi connectivity index (χ2v) is 6.13. The highest BCUT2D eigenvalue weighted by Gasteiger charge is 2.34. The highest BCUT2D eigenvalue weighted by atomic mass is 32.1. The van der Waals surface area contributed by atoms with Crippen LogP contribution in [0.15, 0.2) is 0 Å². The Balaban J connectivity index is 2.54. The molecule has 1 atom stereocenters. The van der Waals surface area contributed by atoms with Gasteiger partial charge in [-0.1, -0.05) is 12.2 Å². The largest absolute Gasteiger partial charge is 0.392 e. The fraction of sp³-hybridized carbons (Fsp3) is 0.769. The maximum absolute atomic E-state index is 11.9. The van der Waals surface area contributed by atoms with Crippen LogP contribution < -0.4 is 16.4 Å². The van der Waals surface area contributed by atoms with Crippen LogP contribution in [0, 0.1) is 0 Å². The number of carbonyl (C=O) groups is 2. The topological polar surface area (TPSA) is 90.7 Å². The van der Waals surface area contributed by atoms with Crippen molar-refractivity contribution in [3.63, 3.8) is 0 Å². The van der Waals surface area contributed by atoms with Crippen molar-refractivity contribution in [2.75, 3.05) is 33.2 Å². The van der Waals surface area contributed by atoms with Gasteiger partial charge in [0, 0.05) is 33.2 Å². The molecule has 3 amide bonds. The molecule has 1 aliphatic rings. The summed E-state index contributed by atoms with van der Waals surface area (Å²) in [6.07, 6.45) is 0. The summed E-state index contributed by atoms with van der Waals surface area (Å²) in [5.41, 5.74) is 5.46. The maximum atomic E-state index is 11.9. The minimum Gasteiger partial charge on any atom is -0.392 e. The lowest BCUT2D eigenvalue weighted by atomic mass is 10.0. The third kappa shape index (κ3) is 4.36. The Morgan fingerprint density at radius 1 is 1.24 bits per heavy atom. The predicted octanol–water partition coefficient (Wildman–Crippen LogP) is -0.487. The number of urea groups is 1. The summed E-state index contributed by atoms with van der Waals surface area (Å²) in [5, 5.41) is 4.67. The molecule has 0 radical (unpaired) electrons. The van der Waals surface area contributed by atoms with Crippen molar-refractivity contribution < 1.29 is 9.59 Å². The van der Waals surface area contributed by atoms with Crippen molar-refractivity contribution in [3.05, 3.63) is 0 Å². The molecule has 1 unspecified atom stereocenters. The van der Waals surface area contributed by atoms with Gasteiger partial charge in [-0.05, 0) is 20.8 Å². The molecule has 8 heteroatoms. The summed E-state index contributed by atoms with van der Waals surface area (Å²) in [5.74, 6) is -0.295. The number of nitrogens with zero attached hydrogens (tertiary/aromatic N) is 2. The summed E-state index contributed by atoms with van der Waals surface area (Å²) in [6.45, 7) is 8.83. The second kappa shape index (κ2) is 7.15. The zero-order valence-electron chi connectivity index (χ0n) is 13.1. The van der Waals surface area contributed by atoms with E-state index in [-0.39, 0.29) is 17.5 Å². The summed E-state index contributed by atoms with van der Waals surface area (Å²) >= 11 is 5.11. The number of rotatable bonds is 4. The van der Waals surface area contributed by atoms with Crippen molar-refractivity contribution in [2.45, 2.75) is 32.4 Å². The number of hydrogen-bond donors (Lipinski definition) is 3. The fourth-order valence-corrected chi connectivity index (χ4v) is 2.40. The van der Waals surface area contributed by atoms with E-state index >= 15 is 0 Å². The third-order valence-electron chi connectivity index (χ3n) is 4.10. The predicted molar refractivity (Wildman–Crippen MR) is 86.1 cm³/mol. The van der Waals surface area contributed by atoms with Crippen LogP contribution >= 0.6 is 12.2 Å². The van der Waals surface area contributed by atoms with Gasteiger partial charge in [0.15, 0.2) is 0 Å². The number of amides is 3. The van der Waals surface area contributed by atoms with Gasteiger partial charge in [-0.3, -0.25) is 19.9 Å². The van der Waals surface area contributed by atoms with E-state index in [2.05, 4.69) is 15.5 Å². The summed E-state index contributed by atoms with van der Waals surface area (Å²) in [7, 11) is 1.48. The number of imide groups is 1. The summed E-state index contributed by atoms with van der Waals surface area (Å²) < 4.78 is 0. The molecule has 0 aromatic carbocycles. The van der Waals surface area contributed by atoms with E-state index in [1.165, 1.54) is 7.05 Å². The molecule has 1 rings (SSSR count). The van der Waals surface area contributed by atoms with Gasteiger partial charge in [-0.25, -0.2) is 4.79 Å².